The number of nitrogens with zero attached hydrogens (tertiary/aromatic N) is 1. The average Bonchev–Trinajstić information content (AvgIpc) is 3.02. The van der Waals surface area contributed by atoms with Crippen LogP contribution in [-0.2, 0) is 13.1 Å². The largest absolute Gasteiger partial charge is 0.345 e. The van der Waals surface area contributed by atoms with Crippen LogP contribution in [0.5, 0.6) is 0 Å². The predicted octanol–water partition coefficient (Wildman–Crippen LogP) is 3.86. The van der Waals surface area contributed by atoms with Crippen LogP contribution in [0, 0.1) is 0 Å². The highest BCUT2D eigenvalue weighted by Crippen LogP contribution is 2.08. The second-order valence-corrected chi connectivity index (χ2v) is 5.29. The minimum Gasteiger partial charge on any atom is -0.345 e. The summed E-state index contributed by atoms with van der Waals surface area (Å²) in [4.78, 5) is 11.9. The van der Waals surface area contributed by atoms with Crippen molar-refractivity contribution < 1.29 is 4.79 Å². The third kappa shape index (κ3) is 4.23. The molecule has 0 aliphatic rings. The van der Waals surface area contributed by atoms with Crippen LogP contribution in [0.4, 0.5) is 10.5 Å². The Morgan fingerprint density at radius 1 is 0.870 bits per heavy atom. The first-order valence-corrected chi connectivity index (χ1v) is 7.59. The maximum Gasteiger partial charge on any atom is 0.319 e. The van der Waals surface area contributed by atoms with Crippen LogP contribution in [0.25, 0.3) is 0 Å². The third-order valence-electron chi connectivity index (χ3n) is 3.58. The van der Waals surface area contributed by atoms with Crippen molar-refractivity contribution in [1.82, 2.24) is 9.88 Å². The molecule has 0 bridgehead atoms. The number of anilines is 1. The second kappa shape index (κ2) is 7.31. The van der Waals surface area contributed by atoms with Gasteiger partial charge >= 0.3 is 6.03 Å². The Kier molecular flexibility index (Phi) is 4.74. The van der Waals surface area contributed by atoms with Crippen molar-refractivity contribution in [2.24, 2.45) is 0 Å². The van der Waals surface area contributed by atoms with Gasteiger partial charge in [-0.15, -0.1) is 0 Å². The Morgan fingerprint density at radius 3 is 2.30 bits per heavy atom. The quantitative estimate of drug-likeness (QED) is 0.739. The first-order valence-electron chi connectivity index (χ1n) is 7.59. The van der Waals surface area contributed by atoms with E-state index in [-0.39, 0.29) is 6.03 Å². The Bertz CT molecular complexity index is 751. The van der Waals surface area contributed by atoms with Crippen LogP contribution in [0.15, 0.2) is 79.0 Å². The van der Waals surface area contributed by atoms with Crippen molar-refractivity contribution in [3.63, 3.8) is 0 Å². The molecule has 23 heavy (non-hydrogen) atoms. The molecule has 0 radical (unpaired) electrons. The zero-order chi connectivity index (χ0) is 15.9. The molecule has 116 valence electrons. The van der Waals surface area contributed by atoms with Crippen LogP contribution in [-0.4, -0.2) is 10.6 Å². The number of rotatable bonds is 5. The van der Waals surface area contributed by atoms with Crippen molar-refractivity contribution in [2.45, 2.75) is 13.1 Å². The maximum atomic E-state index is 11.9. The lowest BCUT2D eigenvalue weighted by Gasteiger charge is -2.11. The van der Waals surface area contributed by atoms with E-state index in [1.54, 1.807) is 0 Å². The highest BCUT2D eigenvalue weighted by atomic mass is 16.2. The zero-order valence-corrected chi connectivity index (χ0v) is 12.8. The molecule has 3 aromatic rings. The molecule has 3 rings (SSSR count). The Balaban J connectivity index is 1.57. The van der Waals surface area contributed by atoms with E-state index in [0.29, 0.717) is 6.54 Å². The summed E-state index contributed by atoms with van der Waals surface area (Å²) in [6, 6.07) is 23.5. The lowest BCUT2D eigenvalue weighted by molar-refractivity contribution is 0.251. The van der Waals surface area contributed by atoms with Crippen LogP contribution in [0.2, 0.25) is 0 Å². The number of carbonyl (C=O) groups is 1. The van der Waals surface area contributed by atoms with Crippen molar-refractivity contribution in [3.05, 3.63) is 90.3 Å². The van der Waals surface area contributed by atoms with E-state index in [4.69, 9.17) is 0 Å². The molecule has 0 unspecified atom stereocenters. The maximum absolute atomic E-state index is 11.9. The van der Waals surface area contributed by atoms with E-state index < -0.39 is 0 Å². The van der Waals surface area contributed by atoms with Gasteiger partial charge in [-0.25, -0.2) is 4.79 Å². The number of hydrogen-bond acceptors (Lipinski definition) is 1. The fraction of sp³-hybridized carbons (Fsp3) is 0.105. The van der Waals surface area contributed by atoms with Gasteiger partial charge in [-0.1, -0.05) is 48.5 Å². The van der Waals surface area contributed by atoms with Gasteiger partial charge in [0.2, 0.25) is 0 Å². The molecule has 0 atom stereocenters. The van der Waals surface area contributed by atoms with Gasteiger partial charge in [-0.3, -0.25) is 0 Å². The molecule has 2 aromatic carbocycles. The van der Waals surface area contributed by atoms with Gasteiger partial charge in [0.15, 0.2) is 0 Å². The Hall–Kier alpha value is -3.01. The normalized spacial score (nSPS) is 10.3. The number of nitrogens with one attached hydrogen (secondary N) is 2. The molecule has 0 saturated heterocycles. The lowest BCUT2D eigenvalue weighted by atomic mass is 10.2. The van der Waals surface area contributed by atoms with E-state index in [9.17, 15) is 4.79 Å². The fourth-order valence-electron chi connectivity index (χ4n) is 2.41. The number of urea groups is 1. The van der Waals surface area contributed by atoms with Crippen molar-refractivity contribution in [1.29, 1.82) is 0 Å². The van der Waals surface area contributed by atoms with Crippen molar-refractivity contribution in [2.75, 3.05) is 5.32 Å². The SMILES string of the molecule is O=C(NCc1cccn1Cc1ccccc1)Nc1ccccc1. The molecule has 0 aliphatic heterocycles. The van der Waals surface area contributed by atoms with Crippen molar-refractivity contribution in [3.8, 4) is 0 Å². The molecule has 4 nitrogen and oxygen atoms in total. The summed E-state index contributed by atoms with van der Waals surface area (Å²) in [5.74, 6) is 0. The van der Waals surface area contributed by atoms with E-state index >= 15 is 0 Å². The second-order valence-electron chi connectivity index (χ2n) is 5.29. The van der Waals surface area contributed by atoms with Crippen LogP contribution in [0.1, 0.15) is 11.3 Å². The van der Waals surface area contributed by atoms with Gasteiger partial charge in [0.25, 0.3) is 0 Å². The summed E-state index contributed by atoms with van der Waals surface area (Å²) in [7, 11) is 0. The van der Waals surface area contributed by atoms with Crippen LogP contribution >= 0.6 is 0 Å². The summed E-state index contributed by atoms with van der Waals surface area (Å²) >= 11 is 0. The fourth-order valence-corrected chi connectivity index (χ4v) is 2.41. The number of aromatic nitrogens is 1. The molecule has 2 amide bonds. The number of carbonyl (C=O) groups excluding carboxylic acids is 1. The minimum atomic E-state index is -0.205. The molecule has 1 aromatic heterocycles. The number of para-hydroxylation sites is 1. The summed E-state index contributed by atoms with van der Waals surface area (Å²) < 4.78 is 2.14. The van der Waals surface area contributed by atoms with Crippen LogP contribution < -0.4 is 10.6 Å². The molecule has 0 aliphatic carbocycles. The minimum absolute atomic E-state index is 0.205. The molecule has 0 fully saturated rings. The average molecular weight is 305 g/mol. The summed E-state index contributed by atoms with van der Waals surface area (Å²) in [5.41, 5.74) is 3.08. The molecular weight excluding hydrogens is 286 g/mol. The van der Waals surface area contributed by atoms with E-state index in [2.05, 4.69) is 27.3 Å². The van der Waals surface area contributed by atoms with Gasteiger partial charge in [0.05, 0.1) is 6.54 Å². The molecule has 4 heteroatoms. The molecular formula is C19H19N3O. The third-order valence-corrected chi connectivity index (χ3v) is 3.58. The topological polar surface area (TPSA) is 46.1 Å². The van der Waals surface area contributed by atoms with Gasteiger partial charge in [-0.2, -0.15) is 0 Å². The number of benzene rings is 2. The lowest BCUT2D eigenvalue weighted by Crippen LogP contribution is -2.29. The summed E-state index contributed by atoms with van der Waals surface area (Å²) in [6.07, 6.45) is 2.03. The van der Waals surface area contributed by atoms with Gasteiger partial charge in [0.1, 0.15) is 0 Å². The summed E-state index contributed by atoms with van der Waals surface area (Å²) in [5, 5.41) is 5.70. The van der Waals surface area contributed by atoms with E-state index in [0.717, 1.165) is 17.9 Å². The monoisotopic (exact) mass is 305 g/mol. The smallest absolute Gasteiger partial charge is 0.319 e. The predicted molar refractivity (Wildman–Crippen MR) is 92.3 cm³/mol. The van der Waals surface area contributed by atoms with Gasteiger partial charge in [0, 0.05) is 24.1 Å². The molecule has 1 heterocycles. The van der Waals surface area contributed by atoms with Crippen molar-refractivity contribution >= 4 is 11.7 Å². The number of hydrogen-bond donors (Lipinski definition) is 2. The number of amides is 2. The van der Waals surface area contributed by atoms with Crippen LogP contribution in [0.3, 0.4) is 0 Å². The molecule has 0 saturated carbocycles. The van der Waals surface area contributed by atoms with E-state index in [1.807, 2.05) is 66.9 Å². The Morgan fingerprint density at radius 2 is 1.57 bits per heavy atom. The van der Waals surface area contributed by atoms with Gasteiger partial charge in [-0.05, 0) is 29.8 Å². The first-order chi connectivity index (χ1) is 11.3. The summed E-state index contributed by atoms with van der Waals surface area (Å²) in [6.45, 7) is 1.28. The van der Waals surface area contributed by atoms with Gasteiger partial charge < -0.3 is 15.2 Å². The first kappa shape index (κ1) is 14.9. The highest BCUT2D eigenvalue weighted by molar-refractivity contribution is 5.89. The highest BCUT2D eigenvalue weighted by Gasteiger charge is 2.05. The standard InChI is InChI=1S/C19H19N3O/c23-19(21-17-10-5-2-6-11-17)20-14-18-12-7-13-22(18)15-16-8-3-1-4-9-16/h1-13H,14-15H2,(H2,20,21,23). The molecule has 0 spiro atoms. The Labute approximate surface area is 135 Å². The van der Waals surface area contributed by atoms with E-state index in [1.165, 1.54) is 5.56 Å². The molecule has 2 N–H and O–H groups in total. The zero-order valence-electron chi connectivity index (χ0n) is 12.8.